The highest BCUT2D eigenvalue weighted by Crippen LogP contribution is 2.07. The molecule has 1 unspecified atom stereocenters. The first-order chi connectivity index (χ1) is 4.84. The van der Waals surface area contributed by atoms with Gasteiger partial charge in [-0.25, -0.2) is 0 Å². The average Bonchev–Trinajstić information content (AvgIpc) is 2.38. The lowest BCUT2D eigenvalue weighted by molar-refractivity contribution is 0.598. The minimum atomic E-state index is 0.406. The highest BCUT2D eigenvalue weighted by molar-refractivity contribution is 5.07. The third kappa shape index (κ3) is 1.57. The Morgan fingerprint density at radius 2 is 2.60 bits per heavy atom. The Kier molecular flexibility index (Phi) is 2.45. The van der Waals surface area contributed by atoms with Crippen molar-refractivity contribution < 1.29 is 0 Å². The summed E-state index contributed by atoms with van der Waals surface area (Å²) in [6, 6.07) is 0.406. The summed E-state index contributed by atoms with van der Waals surface area (Å²) in [4.78, 5) is 0. The first-order valence-corrected chi connectivity index (χ1v) is 3.56. The van der Waals surface area contributed by atoms with Gasteiger partial charge in [-0.15, -0.1) is 0 Å². The van der Waals surface area contributed by atoms with Gasteiger partial charge in [0.25, 0.3) is 0 Å². The molecule has 1 heterocycles. The Hall–Kier alpha value is -0.830. The standard InChI is InChI=1S/C7H13N3/c1-3-8-6(2)7-4-9-10-5-7/h4-6,8H,3H2,1-2H3,(H,9,10). The molecule has 1 aromatic rings. The number of nitrogens with one attached hydrogen (secondary N) is 2. The van der Waals surface area contributed by atoms with Crippen LogP contribution in [0.5, 0.6) is 0 Å². The minimum absolute atomic E-state index is 0.406. The van der Waals surface area contributed by atoms with E-state index in [-0.39, 0.29) is 0 Å². The fourth-order valence-corrected chi connectivity index (χ4v) is 0.922. The van der Waals surface area contributed by atoms with Crippen LogP contribution in [0.2, 0.25) is 0 Å². The van der Waals surface area contributed by atoms with Crippen LogP contribution in [0.15, 0.2) is 12.4 Å². The van der Waals surface area contributed by atoms with E-state index in [4.69, 9.17) is 0 Å². The van der Waals surface area contributed by atoms with Gasteiger partial charge in [0, 0.05) is 17.8 Å². The van der Waals surface area contributed by atoms with Crippen LogP contribution in [0.1, 0.15) is 25.5 Å². The van der Waals surface area contributed by atoms with Crippen molar-refractivity contribution in [3.8, 4) is 0 Å². The normalized spacial score (nSPS) is 13.4. The van der Waals surface area contributed by atoms with Crippen LogP contribution in [-0.2, 0) is 0 Å². The lowest BCUT2D eigenvalue weighted by Crippen LogP contribution is -2.16. The number of nitrogens with zero attached hydrogens (tertiary/aromatic N) is 1. The van der Waals surface area contributed by atoms with E-state index in [0.29, 0.717) is 6.04 Å². The Morgan fingerprint density at radius 3 is 3.10 bits per heavy atom. The third-order valence-corrected chi connectivity index (χ3v) is 1.53. The van der Waals surface area contributed by atoms with E-state index in [2.05, 4.69) is 29.4 Å². The highest BCUT2D eigenvalue weighted by Gasteiger charge is 2.02. The summed E-state index contributed by atoms with van der Waals surface area (Å²) in [6.07, 6.45) is 3.75. The second kappa shape index (κ2) is 3.37. The molecule has 0 saturated carbocycles. The van der Waals surface area contributed by atoms with Crippen molar-refractivity contribution in [3.05, 3.63) is 18.0 Å². The van der Waals surface area contributed by atoms with Crippen molar-refractivity contribution in [2.45, 2.75) is 19.9 Å². The Balaban J connectivity index is 2.50. The van der Waals surface area contributed by atoms with Gasteiger partial charge in [0.1, 0.15) is 0 Å². The molecule has 0 amide bonds. The van der Waals surface area contributed by atoms with Crippen molar-refractivity contribution in [2.24, 2.45) is 0 Å². The SMILES string of the molecule is CCNC(C)c1cn[nH]c1. The van der Waals surface area contributed by atoms with Gasteiger partial charge in [-0.1, -0.05) is 6.92 Å². The Labute approximate surface area is 60.8 Å². The summed E-state index contributed by atoms with van der Waals surface area (Å²) in [7, 11) is 0. The van der Waals surface area contributed by atoms with Gasteiger partial charge in [-0.05, 0) is 13.5 Å². The van der Waals surface area contributed by atoms with E-state index in [1.807, 2.05) is 12.4 Å². The zero-order valence-corrected chi connectivity index (χ0v) is 6.39. The molecule has 0 radical (unpaired) electrons. The molecule has 0 aliphatic heterocycles. The molecule has 1 rings (SSSR count). The van der Waals surface area contributed by atoms with E-state index in [9.17, 15) is 0 Å². The lowest BCUT2D eigenvalue weighted by Gasteiger charge is -2.07. The van der Waals surface area contributed by atoms with E-state index in [1.54, 1.807) is 0 Å². The van der Waals surface area contributed by atoms with Crippen LogP contribution >= 0.6 is 0 Å². The molecule has 0 aromatic carbocycles. The summed E-state index contributed by atoms with van der Waals surface area (Å²) in [6.45, 7) is 5.21. The zero-order chi connectivity index (χ0) is 7.40. The maximum absolute atomic E-state index is 3.86. The van der Waals surface area contributed by atoms with Crippen LogP contribution < -0.4 is 5.32 Å². The number of hydrogen-bond acceptors (Lipinski definition) is 2. The molecule has 1 atom stereocenters. The second-order valence-corrected chi connectivity index (χ2v) is 2.31. The molecular formula is C7H13N3. The molecule has 1 aromatic heterocycles. The first-order valence-electron chi connectivity index (χ1n) is 3.56. The van der Waals surface area contributed by atoms with E-state index in [0.717, 1.165) is 6.54 Å². The molecule has 0 fully saturated rings. The number of aromatic amines is 1. The number of rotatable bonds is 3. The van der Waals surface area contributed by atoms with E-state index in [1.165, 1.54) is 5.56 Å². The van der Waals surface area contributed by atoms with Gasteiger partial charge in [-0.3, -0.25) is 5.10 Å². The van der Waals surface area contributed by atoms with Gasteiger partial charge >= 0.3 is 0 Å². The monoisotopic (exact) mass is 139 g/mol. The molecular weight excluding hydrogens is 126 g/mol. The highest BCUT2D eigenvalue weighted by atomic mass is 15.1. The molecule has 0 spiro atoms. The van der Waals surface area contributed by atoms with Gasteiger partial charge in [0.05, 0.1) is 6.20 Å². The summed E-state index contributed by atoms with van der Waals surface area (Å²) < 4.78 is 0. The second-order valence-electron chi connectivity index (χ2n) is 2.31. The fourth-order valence-electron chi connectivity index (χ4n) is 0.922. The minimum Gasteiger partial charge on any atom is -0.310 e. The molecule has 3 heteroatoms. The fraction of sp³-hybridized carbons (Fsp3) is 0.571. The van der Waals surface area contributed by atoms with Crippen LogP contribution in [0.4, 0.5) is 0 Å². The van der Waals surface area contributed by atoms with Crippen molar-refractivity contribution in [1.29, 1.82) is 0 Å². The van der Waals surface area contributed by atoms with Crippen LogP contribution in [0, 0.1) is 0 Å². The molecule has 0 aliphatic carbocycles. The average molecular weight is 139 g/mol. The lowest BCUT2D eigenvalue weighted by atomic mass is 10.2. The molecule has 0 aliphatic rings. The van der Waals surface area contributed by atoms with Crippen LogP contribution in [0.3, 0.4) is 0 Å². The maximum atomic E-state index is 3.86. The zero-order valence-electron chi connectivity index (χ0n) is 6.39. The van der Waals surface area contributed by atoms with Gasteiger partial charge in [0.2, 0.25) is 0 Å². The Morgan fingerprint density at radius 1 is 1.80 bits per heavy atom. The van der Waals surface area contributed by atoms with Crippen LogP contribution in [0.25, 0.3) is 0 Å². The summed E-state index contributed by atoms with van der Waals surface area (Å²) >= 11 is 0. The van der Waals surface area contributed by atoms with Crippen molar-refractivity contribution in [1.82, 2.24) is 15.5 Å². The van der Waals surface area contributed by atoms with Gasteiger partial charge in [0.15, 0.2) is 0 Å². The molecule has 56 valence electrons. The number of aromatic nitrogens is 2. The molecule has 2 N–H and O–H groups in total. The Bertz CT molecular complexity index is 169. The molecule has 0 bridgehead atoms. The maximum Gasteiger partial charge on any atom is 0.0534 e. The summed E-state index contributed by atoms with van der Waals surface area (Å²) in [5.41, 5.74) is 1.21. The molecule has 3 nitrogen and oxygen atoms in total. The van der Waals surface area contributed by atoms with Crippen molar-refractivity contribution in [2.75, 3.05) is 6.54 Å². The number of hydrogen-bond donors (Lipinski definition) is 2. The topological polar surface area (TPSA) is 40.7 Å². The number of H-pyrrole nitrogens is 1. The largest absolute Gasteiger partial charge is 0.310 e. The summed E-state index contributed by atoms with van der Waals surface area (Å²) in [5.74, 6) is 0. The predicted molar refractivity (Wildman–Crippen MR) is 40.7 cm³/mol. The van der Waals surface area contributed by atoms with Gasteiger partial charge in [-0.2, -0.15) is 5.10 Å². The summed E-state index contributed by atoms with van der Waals surface area (Å²) in [5, 5.41) is 9.93. The van der Waals surface area contributed by atoms with E-state index >= 15 is 0 Å². The first kappa shape index (κ1) is 7.28. The smallest absolute Gasteiger partial charge is 0.0534 e. The van der Waals surface area contributed by atoms with Crippen molar-refractivity contribution >= 4 is 0 Å². The van der Waals surface area contributed by atoms with Gasteiger partial charge < -0.3 is 5.32 Å². The quantitative estimate of drug-likeness (QED) is 0.658. The third-order valence-electron chi connectivity index (χ3n) is 1.53. The van der Waals surface area contributed by atoms with Crippen LogP contribution in [-0.4, -0.2) is 16.7 Å². The van der Waals surface area contributed by atoms with E-state index < -0.39 is 0 Å². The molecule has 10 heavy (non-hydrogen) atoms. The van der Waals surface area contributed by atoms with Crippen molar-refractivity contribution in [3.63, 3.8) is 0 Å². The predicted octanol–water partition coefficient (Wildman–Crippen LogP) is 1.08. The molecule has 0 saturated heterocycles.